The lowest BCUT2D eigenvalue weighted by Gasteiger charge is -2.19. The van der Waals surface area contributed by atoms with Gasteiger partial charge in [-0.3, -0.25) is 14.5 Å². The average molecular weight is 437 g/mol. The lowest BCUT2D eigenvalue weighted by Crippen LogP contribution is -2.35. The van der Waals surface area contributed by atoms with Crippen molar-refractivity contribution in [1.82, 2.24) is 4.90 Å². The predicted molar refractivity (Wildman–Crippen MR) is 122 cm³/mol. The van der Waals surface area contributed by atoms with Gasteiger partial charge in [0.2, 0.25) is 0 Å². The maximum atomic E-state index is 13.4. The van der Waals surface area contributed by atoms with Gasteiger partial charge in [0.25, 0.3) is 11.8 Å². The molecule has 7 heteroatoms. The van der Waals surface area contributed by atoms with Crippen molar-refractivity contribution in [3.63, 3.8) is 0 Å². The van der Waals surface area contributed by atoms with Gasteiger partial charge in [0.05, 0.1) is 24.8 Å². The summed E-state index contributed by atoms with van der Waals surface area (Å²) in [7, 11) is 0. The summed E-state index contributed by atoms with van der Waals surface area (Å²) in [5.74, 6) is 0.571. The molecule has 2 aliphatic heterocycles. The first-order valence-electron chi connectivity index (χ1n) is 10.8. The monoisotopic (exact) mass is 436 g/mol. The molecule has 2 aromatic rings. The highest BCUT2D eigenvalue weighted by molar-refractivity contribution is 6.36. The van der Waals surface area contributed by atoms with Crippen LogP contribution in [0.4, 0.5) is 5.69 Å². The van der Waals surface area contributed by atoms with Crippen molar-refractivity contribution in [1.29, 1.82) is 0 Å². The van der Waals surface area contributed by atoms with Gasteiger partial charge in [-0.15, -0.1) is 0 Å². The van der Waals surface area contributed by atoms with Gasteiger partial charge in [0.1, 0.15) is 18.9 Å². The quantitative estimate of drug-likeness (QED) is 0.667. The first kappa shape index (κ1) is 21.9. The van der Waals surface area contributed by atoms with Crippen LogP contribution in [0.2, 0.25) is 0 Å². The molecule has 0 aromatic heterocycles. The topological polar surface area (TPSA) is 77.1 Å². The van der Waals surface area contributed by atoms with E-state index in [1.54, 1.807) is 12.1 Å². The lowest BCUT2D eigenvalue weighted by atomic mass is 9.97. The Kier molecular flexibility index (Phi) is 6.19. The molecule has 0 unspecified atom stereocenters. The fourth-order valence-corrected chi connectivity index (χ4v) is 3.88. The highest BCUT2D eigenvalue weighted by Gasteiger charge is 2.39. The van der Waals surface area contributed by atoms with Gasteiger partial charge >= 0.3 is 0 Å². The first-order chi connectivity index (χ1) is 15.3. The van der Waals surface area contributed by atoms with Crippen molar-refractivity contribution in [3.8, 4) is 11.5 Å². The molecule has 32 heavy (non-hydrogen) atoms. The second-order valence-electron chi connectivity index (χ2n) is 8.23. The van der Waals surface area contributed by atoms with Gasteiger partial charge in [-0.05, 0) is 51.0 Å². The Hall–Kier alpha value is -3.32. The largest absolute Gasteiger partial charge is 0.486 e. The van der Waals surface area contributed by atoms with Crippen molar-refractivity contribution in [2.75, 3.05) is 31.7 Å². The molecule has 0 aliphatic carbocycles. The Morgan fingerprint density at radius 2 is 1.75 bits per heavy atom. The van der Waals surface area contributed by atoms with Gasteiger partial charge in [0.15, 0.2) is 11.5 Å². The van der Waals surface area contributed by atoms with Crippen molar-refractivity contribution in [2.45, 2.75) is 33.8 Å². The van der Waals surface area contributed by atoms with Gasteiger partial charge in [0, 0.05) is 11.8 Å². The van der Waals surface area contributed by atoms with E-state index >= 15 is 0 Å². The van der Waals surface area contributed by atoms with Crippen LogP contribution in [-0.2, 0) is 14.3 Å². The van der Waals surface area contributed by atoms with E-state index in [2.05, 4.69) is 5.32 Å². The maximum Gasteiger partial charge on any atom is 0.278 e. The molecule has 0 fully saturated rings. The van der Waals surface area contributed by atoms with Crippen LogP contribution in [0.15, 0.2) is 42.1 Å². The van der Waals surface area contributed by atoms with E-state index in [1.807, 2.05) is 52.0 Å². The first-order valence-corrected chi connectivity index (χ1v) is 10.8. The van der Waals surface area contributed by atoms with Crippen LogP contribution in [0.5, 0.6) is 11.5 Å². The number of carbonyl (C=O) groups excluding carboxylic acids is 2. The molecule has 168 valence electrons. The average Bonchev–Trinajstić information content (AvgIpc) is 2.98. The highest BCUT2D eigenvalue weighted by atomic mass is 16.6. The summed E-state index contributed by atoms with van der Waals surface area (Å²) in [6, 6.07) is 11.2. The molecular weight excluding hydrogens is 408 g/mol. The number of rotatable bonds is 7. The Bertz CT molecular complexity index is 1090. The van der Waals surface area contributed by atoms with Crippen molar-refractivity contribution < 1.29 is 23.8 Å². The Labute approximate surface area is 188 Å². The van der Waals surface area contributed by atoms with Crippen LogP contribution < -0.4 is 14.8 Å². The molecule has 2 amide bonds. The van der Waals surface area contributed by atoms with E-state index in [0.717, 1.165) is 16.7 Å². The van der Waals surface area contributed by atoms with Gasteiger partial charge in [-0.2, -0.15) is 0 Å². The fourth-order valence-electron chi connectivity index (χ4n) is 3.88. The number of hydrogen-bond donors (Lipinski definition) is 1. The Balaban J connectivity index is 1.70. The van der Waals surface area contributed by atoms with Gasteiger partial charge < -0.3 is 19.5 Å². The summed E-state index contributed by atoms with van der Waals surface area (Å²) in [6.45, 7) is 9.22. The highest BCUT2D eigenvalue weighted by Crippen LogP contribution is 2.36. The minimum absolute atomic E-state index is 0.0184. The SMILES string of the molecule is Cc1ccc(C2=C(Nc3ccc4c(c3)OCCO4)C(=O)N(CCOC(C)C)C2=O)c(C)c1. The molecule has 0 bridgehead atoms. The van der Waals surface area contributed by atoms with E-state index in [4.69, 9.17) is 14.2 Å². The molecule has 0 spiro atoms. The molecule has 2 heterocycles. The normalized spacial score (nSPS) is 15.7. The minimum atomic E-state index is -0.368. The van der Waals surface area contributed by atoms with E-state index in [1.165, 1.54) is 4.90 Å². The number of ether oxygens (including phenoxy) is 3. The molecule has 0 radical (unpaired) electrons. The maximum absolute atomic E-state index is 13.4. The number of carbonyl (C=O) groups is 2. The molecule has 2 aliphatic rings. The van der Waals surface area contributed by atoms with Crippen LogP contribution >= 0.6 is 0 Å². The lowest BCUT2D eigenvalue weighted by molar-refractivity contribution is -0.137. The molecule has 2 aromatic carbocycles. The number of benzene rings is 2. The Morgan fingerprint density at radius 3 is 2.47 bits per heavy atom. The van der Waals surface area contributed by atoms with E-state index in [-0.39, 0.29) is 36.8 Å². The molecule has 1 N–H and O–H groups in total. The smallest absolute Gasteiger partial charge is 0.278 e. The van der Waals surface area contributed by atoms with Crippen molar-refractivity contribution >= 4 is 23.1 Å². The molecule has 0 saturated heterocycles. The van der Waals surface area contributed by atoms with Crippen LogP contribution in [0.1, 0.15) is 30.5 Å². The third-order valence-corrected chi connectivity index (χ3v) is 5.40. The molecule has 0 atom stereocenters. The molecular formula is C25H28N2O5. The number of fused-ring (bicyclic) bond motifs is 1. The molecule has 4 rings (SSSR count). The number of hydrogen-bond acceptors (Lipinski definition) is 6. The summed E-state index contributed by atoms with van der Waals surface area (Å²) in [5.41, 5.74) is 4.03. The van der Waals surface area contributed by atoms with E-state index < -0.39 is 0 Å². The predicted octanol–water partition coefficient (Wildman–Crippen LogP) is 3.69. The molecule has 0 saturated carbocycles. The standard InChI is InChI=1S/C25H28N2O5/c1-15(2)30-10-9-27-24(28)22(19-7-5-16(3)13-17(19)4)23(25(27)29)26-18-6-8-20-21(14-18)32-12-11-31-20/h5-8,13-15,26H,9-12H2,1-4H3. The minimum Gasteiger partial charge on any atom is -0.486 e. The van der Waals surface area contributed by atoms with Crippen molar-refractivity contribution in [3.05, 3.63) is 58.8 Å². The second-order valence-corrected chi connectivity index (χ2v) is 8.23. The second kappa shape index (κ2) is 9.04. The molecule has 7 nitrogen and oxygen atoms in total. The zero-order valence-corrected chi connectivity index (χ0v) is 18.9. The zero-order valence-electron chi connectivity index (χ0n) is 18.9. The number of aryl methyl sites for hydroxylation is 2. The summed E-state index contributed by atoms with van der Waals surface area (Å²) >= 11 is 0. The summed E-state index contributed by atoms with van der Waals surface area (Å²) in [4.78, 5) is 27.9. The van der Waals surface area contributed by atoms with Crippen LogP contribution in [0.3, 0.4) is 0 Å². The number of imide groups is 1. The van der Waals surface area contributed by atoms with Crippen LogP contribution in [0, 0.1) is 13.8 Å². The Morgan fingerprint density at radius 1 is 1.00 bits per heavy atom. The number of nitrogens with one attached hydrogen (secondary N) is 1. The fraction of sp³-hybridized carbons (Fsp3) is 0.360. The summed E-state index contributed by atoms with van der Waals surface area (Å²) < 4.78 is 16.8. The van der Waals surface area contributed by atoms with Gasteiger partial charge in [-0.25, -0.2) is 0 Å². The van der Waals surface area contributed by atoms with Crippen LogP contribution in [0.25, 0.3) is 5.57 Å². The summed E-state index contributed by atoms with van der Waals surface area (Å²) in [5, 5.41) is 3.18. The zero-order chi connectivity index (χ0) is 22.8. The third kappa shape index (κ3) is 4.34. The number of anilines is 1. The van der Waals surface area contributed by atoms with E-state index in [9.17, 15) is 9.59 Å². The van der Waals surface area contributed by atoms with E-state index in [0.29, 0.717) is 36.0 Å². The third-order valence-electron chi connectivity index (χ3n) is 5.40. The van der Waals surface area contributed by atoms with Crippen LogP contribution in [-0.4, -0.2) is 49.2 Å². The number of nitrogens with zero attached hydrogens (tertiary/aromatic N) is 1. The van der Waals surface area contributed by atoms with Gasteiger partial charge in [-0.1, -0.05) is 23.8 Å². The number of amides is 2. The van der Waals surface area contributed by atoms with Crippen molar-refractivity contribution in [2.24, 2.45) is 0 Å². The summed E-state index contributed by atoms with van der Waals surface area (Å²) in [6.07, 6.45) is 0.0184.